The second-order valence-electron chi connectivity index (χ2n) is 3.66. The van der Waals surface area contributed by atoms with E-state index in [1.54, 1.807) is 6.07 Å². The molecule has 0 radical (unpaired) electrons. The molecule has 0 spiro atoms. The van der Waals surface area contributed by atoms with Crippen LogP contribution in [0.3, 0.4) is 0 Å². The van der Waals surface area contributed by atoms with E-state index in [9.17, 15) is 8.78 Å². The lowest BCUT2D eigenvalue weighted by Crippen LogP contribution is -2.05. The number of aromatic nitrogens is 1. The van der Waals surface area contributed by atoms with Crippen molar-refractivity contribution in [3.05, 3.63) is 29.5 Å². The highest BCUT2D eigenvalue weighted by Gasteiger charge is 2.16. The first-order chi connectivity index (χ1) is 8.58. The fraction of sp³-hybridized carbons (Fsp3) is 0.273. The maximum Gasteiger partial charge on any atom is 0.387 e. The Morgan fingerprint density at radius 2 is 2.28 bits per heavy atom. The Labute approximate surface area is 124 Å². The molecule has 7 heteroatoms. The molecule has 0 fully saturated rings. The predicted molar refractivity (Wildman–Crippen MR) is 79.9 cm³/mol. The standard InChI is InChI=1S/C11H9ClF2INOS/c1-6-4-9(17-11(13)14)8(5-12)7-2-3-16(18-15)10(6)7/h2-4,11H,5H2,1H3. The van der Waals surface area contributed by atoms with Gasteiger partial charge in [-0.3, -0.25) is 3.97 Å². The lowest BCUT2D eigenvalue weighted by molar-refractivity contribution is -0.0502. The summed E-state index contributed by atoms with van der Waals surface area (Å²) in [5.41, 5.74) is 2.46. The van der Waals surface area contributed by atoms with Gasteiger partial charge < -0.3 is 4.74 Å². The van der Waals surface area contributed by atoms with Gasteiger partial charge >= 0.3 is 6.61 Å². The van der Waals surface area contributed by atoms with Crippen molar-refractivity contribution in [2.24, 2.45) is 0 Å². The molecule has 0 saturated carbocycles. The Balaban J connectivity index is 2.68. The van der Waals surface area contributed by atoms with E-state index in [0.29, 0.717) is 5.56 Å². The second kappa shape index (κ2) is 5.83. The van der Waals surface area contributed by atoms with Gasteiger partial charge in [0.15, 0.2) is 0 Å². The molecule has 98 valence electrons. The van der Waals surface area contributed by atoms with Gasteiger partial charge in [0.1, 0.15) is 5.75 Å². The lowest BCUT2D eigenvalue weighted by atomic mass is 10.1. The molecule has 0 N–H and O–H groups in total. The first-order valence-corrected chi connectivity index (χ1v) is 8.87. The fourth-order valence-electron chi connectivity index (χ4n) is 1.93. The summed E-state index contributed by atoms with van der Waals surface area (Å²) >= 11 is 8.02. The molecule has 1 aromatic heterocycles. The molecule has 2 aromatic rings. The normalized spacial score (nSPS) is 11.4. The van der Waals surface area contributed by atoms with Gasteiger partial charge in [0.25, 0.3) is 0 Å². The number of alkyl halides is 3. The average molecular weight is 404 g/mol. The van der Waals surface area contributed by atoms with Crippen molar-refractivity contribution in [2.75, 3.05) is 0 Å². The molecule has 2 rings (SSSR count). The SMILES string of the molecule is Cc1cc(OC(F)F)c(CCl)c2ccn(SI)c12. The Bertz CT molecular complexity index is 576. The number of fused-ring (bicyclic) bond motifs is 1. The Morgan fingerprint density at radius 1 is 1.56 bits per heavy atom. The van der Waals surface area contributed by atoms with Crippen molar-refractivity contribution in [1.29, 1.82) is 0 Å². The molecule has 0 unspecified atom stereocenters. The molecule has 2 nitrogen and oxygen atoms in total. The van der Waals surface area contributed by atoms with Gasteiger partial charge in [-0.05, 0) is 24.6 Å². The van der Waals surface area contributed by atoms with Gasteiger partial charge in [-0.2, -0.15) is 8.78 Å². The minimum absolute atomic E-state index is 0.134. The van der Waals surface area contributed by atoms with Crippen LogP contribution in [0.2, 0.25) is 0 Å². The Hall–Kier alpha value is -0.210. The minimum atomic E-state index is -2.84. The summed E-state index contributed by atoms with van der Waals surface area (Å²) in [5.74, 6) is 0.288. The van der Waals surface area contributed by atoms with Gasteiger partial charge in [0, 0.05) is 47.5 Å². The summed E-state index contributed by atoms with van der Waals surface area (Å²) in [4.78, 5) is 0. The highest BCUT2D eigenvalue weighted by molar-refractivity contribution is 14.2. The highest BCUT2D eigenvalue weighted by Crippen LogP contribution is 2.36. The van der Waals surface area contributed by atoms with Crippen molar-refractivity contribution < 1.29 is 13.5 Å². The zero-order valence-electron chi connectivity index (χ0n) is 9.29. The molecule has 0 saturated heterocycles. The largest absolute Gasteiger partial charge is 0.434 e. The highest BCUT2D eigenvalue weighted by atomic mass is 127. The summed E-state index contributed by atoms with van der Waals surface area (Å²) in [6.45, 7) is -0.980. The van der Waals surface area contributed by atoms with Crippen molar-refractivity contribution in [3.63, 3.8) is 0 Å². The summed E-state index contributed by atoms with van der Waals surface area (Å²) in [7, 11) is 1.51. The maximum absolute atomic E-state index is 12.4. The number of hydrogen-bond donors (Lipinski definition) is 0. The molecule has 0 amide bonds. The average Bonchev–Trinajstić information content (AvgIpc) is 2.73. The molecular weight excluding hydrogens is 395 g/mol. The number of hydrogen-bond acceptors (Lipinski definition) is 2. The van der Waals surface area contributed by atoms with E-state index in [-0.39, 0.29) is 11.6 Å². The zero-order chi connectivity index (χ0) is 13.3. The molecule has 0 bridgehead atoms. The topological polar surface area (TPSA) is 14.2 Å². The number of rotatable bonds is 4. The van der Waals surface area contributed by atoms with Gasteiger partial charge in [-0.25, -0.2) is 0 Å². The van der Waals surface area contributed by atoms with Gasteiger partial charge in [-0.1, -0.05) is 0 Å². The van der Waals surface area contributed by atoms with Crippen molar-refractivity contribution in [1.82, 2.24) is 3.97 Å². The minimum Gasteiger partial charge on any atom is -0.434 e. The quantitative estimate of drug-likeness (QED) is 0.519. The van der Waals surface area contributed by atoms with Crippen molar-refractivity contribution in [2.45, 2.75) is 19.4 Å². The number of aryl methyl sites for hydroxylation is 1. The Morgan fingerprint density at radius 3 is 2.83 bits per heavy atom. The fourth-order valence-corrected chi connectivity index (χ4v) is 3.60. The summed E-state index contributed by atoms with van der Waals surface area (Å²) in [6.07, 6.45) is 1.89. The van der Waals surface area contributed by atoms with E-state index in [1.165, 1.54) is 9.12 Å². The van der Waals surface area contributed by atoms with Crippen LogP contribution in [-0.2, 0) is 5.88 Å². The predicted octanol–water partition coefficient (Wildman–Crippen LogP) is 5.14. The van der Waals surface area contributed by atoms with E-state index in [4.69, 9.17) is 11.6 Å². The number of nitrogens with zero attached hydrogens (tertiary/aromatic N) is 1. The van der Waals surface area contributed by atoms with E-state index in [0.717, 1.165) is 16.5 Å². The van der Waals surface area contributed by atoms with Crippen LogP contribution in [-0.4, -0.2) is 10.6 Å². The third-order valence-corrected chi connectivity index (χ3v) is 4.61. The van der Waals surface area contributed by atoms with Crippen LogP contribution in [0.5, 0.6) is 5.75 Å². The maximum atomic E-state index is 12.4. The zero-order valence-corrected chi connectivity index (χ0v) is 13.0. The Kier molecular flexibility index (Phi) is 4.60. The molecule has 0 aliphatic heterocycles. The van der Waals surface area contributed by atoms with Gasteiger partial charge in [0.2, 0.25) is 0 Å². The number of ether oxygens (including phenoxy) is 1. The second-order valence-corrected chi connectivity index (χ2v) is 5.64. The summed E-state index contributed by atoms with van der Waals surface area (Å²) < 4.78 is 31.2. The van der Waals surface area contributed by atoms with Crippen LogP contribution in [0.4, 0.5) is 8.78 Å². The van der Waals surface area contributed by atoms with Crippen LogP contribution in [0.15, 0.2) is 18.3 Å². The van der Waals surface area contributed by atoms with E-state index in [2.05, 4.69) is 25.9 Å². The molecule has 1 heterocycles. The van der Waals surface area contributed by atoms with E-state index < -0.39 is 6.61 Å². The van der Waals surface area contributed by atoms with Crippen LogP contribution >= 0.6 is 41.9 Å². The van der Waals surface area contributed by atoms with Crippen LogP contribution in [0, 0.1) is 6.92 Å². The van der Waals surface area contributed by atoms with Gasteiger partial charge in [-0.15, -0.1) is 11.6 Å². The monoisotopic (exact) mass is 403 g/mol. The lowest BCUT2D eigenvalue weighted by Gasteiger charge is -2.12. The molecule has 1 aromatic carbocycles. The van der Waals surface area contributed by atoms with Gasteiger partial charge in [0.05, 0.1) is 11.4 Å². The number of benzene rings is 1. The molecule has 18 heavy (non-hydrogen) atoms. The first kappa shape index (κ1) is 14.2. The molecule has 0 aliphatic rings. The van der Waals surface area contributed by atoms with Crippen LogP contribution < -0.4 is 4.74 Å². The summed E-state index contributed by atoms with van der Waals surface area (Å²) in [5, 5.41) is 0.852. The molecule has 0 atom stereocenters. The summed E-state index contributed by atoms with van der Waals surface area (Å²) in [6, 6.07) is 3.47. The van der Waals surface area contributed by atoms with E-state index >= 15 is 0 Å². The van der Waals surface area contributed by atoms with Crippen LogP contribution in [0.25, 0.3) is 10.9 Å². The molecular formula is C11H9ClF2INOS. The third-order valence-electron chi connectivity index (χ3n) is 2.62. The van der Waals surface area contributed by atoms with Crippen LogP contribution in [0.1, 0.15) is 11.1 Å². The third kappa shape index (κ3) is 2.55. The van der Waals surface area contributed by atoms with Crippen molar-refractivity contribution in [3.8, 4) is 5.75 Å². The molecule has 0 aliphatic carbocycles. The van der Waals surface area contributed by atoms with E-state index in [1.807, 2.05) is 23.2 Å². The smallest absolute Gasteiger partial charge is 0.387 e. The first-order valence-electron chi connectivity index (χ1n) is 5.02. The van der Waals surface area contributed by atoms with Crippen molar-refractivity contribution >= 4 is 52.8 Å². The number of halogens is 4.